The van der Waals surface area contributed by atoms with Gasteiger partial charge in [-0.2, -0.15) is 0 Å². The van der Waals surface area contributed by atoms with Crippen molar-refractivity contribution in [2.45, 2.75) is 19.3 Å². The number of hydrogen-bond donors (Lipinski definition) is 4. The summed E-state index contributed by atoms with van der Waals surface area (Å²) in [6.45, 7) is -0.0720. The van der Waals surface area contributed by atoms with E-state index in [1.807, 2.05) is 0 Å². The van der Waals surface area contributed by atoms with Crippen molar-refractivity contribution in [2.75, 3.05) is 6.61 Å². The predicted octanol–water partition coefficient (Wildman–Crippen LogP) is 0.889. The van der Waals surface area contributed by atoms with E-state index in [1.165, 1.54) is 6.08 Å². The molecule has 10 heteroatoms. The fraction of sp³-hybridized carbons (Fsp3) is 0.667. The van der Waals surface area contributed by atoms with Crippen molar-refractivity contribution in [2.24, 2.45) is 0 Å². The van der Waals surface area contributed by atoms with Gasteiger partial charge in [0.2, 0.25) is 0 Å². The van der Waals surface area contributed by atoms with Crippen molar-refractivity contribution in [3.63, 3.8) is 0 Å². The lowest BCUT2D eigenvalue weighted by Gasteiger charge is -2.03. The molecule has 0 aromatic heterocycles. The van der Waals surface area contributed by atoms with Crippen molar-refractivity contribution in [3.8, 4) is 0 Å². The molecule has 0 aliphatic rings. The number of hydrogen-bond acceptors (Lipinski definition) is 4. The zero-order valence-corrected chi connectivity index (χ0v) is 10.1. The third-order valence-electron chi connectivity index (χ3n) is 1.32. The summed E-state index contributed by atoms with van der Waals surface area (Å²) in [7, 11) is -8.86. The topological polar surface area (TPSA) is 134 Å². The molecular weight excluding hydrogens is 262 g/mol. The van der Waals surface area contributed by atoms with Crippen molar-refractivity contribution >= 4 is 15.6 Å². The largest absolute Gasteiger partial charge is 0.524 e. The second kappa shape index (κ2) is 7.19. The summed E-state index contributed by atoms with van der Waals surface area (Å²) in [6.07, 6.45) is 3.73. The van der Waals surface area contributed by atoms with Gasteiger partial charge in [0.25, 0.3) is 0 Å². The normalized spacial score (nSPS) is 13.2. The molecule has 0 bridgehead atoms. The van der Waals surface area contributed by atoms with Crippen LogP contribution < -0.4 is 0 Å². The van der Waals surface area contributed by atoms with E-state index in [0.717, 1.165) is 6.26 Å². The van der Waals surface area contributed by atoms with Crippen LogP contribution >= 0.6 is 15.6 Å². The highest BCUT2D eigenvalue weighted by molar-refractivity contribution is 7.46. The van der Waals surface area contributed by atoms with E-state index in [9.17, 15) is 9.13 Å². The molecule has 0 amide bonds. The molecule has 0 aromatic carbocycles. The van der Waals surface area contributed by atoms with Gasteiger partial charge in [0.15, 0.2) is 0 Å². The van der Waals surface area contributed by atoms with Crippen LogP contribution in [0.3, 0.4) is 0 Å². The summed E-state index contributed by atoms with van der Waals surface area (Å²) in [5.41, 5.74) is 0. The summed E-state index contributed by atoms with van der Waals surface area (Å²) in [5.74, 6) is 0. The third kappa shape index (κ3) is 13.8. The average molecular weight is 276 g/mol. The molecule has 0 rings (SSSR count). The Balaban J connectivity index is 3.41. The maximum atomic E-state index is 10.2. The van der Waals surface area contributed by atoms with Gasteiger partial charge in [0, 0.05) is 0 Å². The van der Waals surface area contributed by atoms with Gasteiger partial charge in [-0.05, 0) is 25.3 Å². The van der Waals surface area contributed by atoms with Crippen molar-refractivity contribution in [3.05, 3.63) is 12.3 Å². The number of allylic oxidation sites excluding steroid dienone is 1. The highest BCUT2D eigenvalue weighted by Gasteiger charge is 2.12. The lowest BCUT2D eigenvalue weighted by molar-refractivity contribution is 0.194. The minimum atomic E-state index is -4.46. The minimum Gasteiger partial charge on any atom is -0.413 e. The zero-order valence-electron chi connectivity index (χ0n) is 8.30. The van der Waals surface area contributed by atoms with Gasteiger partial charge >= 0.3 is 15.6 Å². The maximum absolute atomic E-state index is 10.2. The van der Waals surface area contributed by atoms with Crippen LogP contribution in [-0.2, 0) is 18.2 Å². The molecular formula is C6H14O8P2. The van der Waals surface area contributed by atoms with Crippen LogP contribution in [0.5, 0.6) is 0 Å². The summed E-state index contributed by atoms with van der Waals surface area (Å²) >= 11 is 0. The Hall–Kier alpha value is -0.200. The smallest absolute Gasteiger partial charge is 0.413 e. The Kier molecular flexibility index (Phi) is 7.10. The summed E-state index contributed by atoms with van der Waals surface area (Å²) in [5, 5.41) is 0. The van der Waals surface area contributed by atoms with Crippen molar-refractivity contribution in [1.82, 2.24) is 0 Å². The zero-order chi connectivity index (χ0) is 12.7. The van der Waals surface area contributed by atoms with Crippen LogP contribution in [0.25, 0.3) is 0 Å². The van der Waals surface area contributed by atoms with Crippen molar-refractivity contribution in [1.29, 1.82) is 0 Å². The van der Waals surface area contributed by atoms with Gasteiger partial charge in [-0.25, -0.2) is 9.13 Å². The molecule has 0 aromatic rings. The maximum Gasteiger partial charge on any atom is 0.524 e. The van der Waals surface area contributed by atoms with Crippen LogP contribution in [-0.4, -0.2) is 26.2 Å². The van der Waals surface area contributed by atoms with E-state index in [0.29, 0.717) is 19.3 Å². The molecule has 0 fully saturated rings. The fourth-order valence-electron chi connectivity index (χ4n) is 0.738. The van der Waals surface area contributed by atoms with Gasteiger partial charge in [-0.3, -0.25) is 14.3 Å². The van der Waals surface area contributed by atoms with Crippen LogP contribution in [0.4, 0.5) is 0 Å². The molecule has 0 radical (unpaired) electrons. The number of phosphoric acid groups is 2. The first-order chi connectivity index (χ1) is 7.21. The minimum absolute atomic E-state index is 0.0720. The molecule has 0 heterocycles. The summed E-state index contributed by atoms with van der Waals surface area (Å²) in [6, 6.07) is 0. The first-order valence-corrected chi connectivity index (χ1v) is 7.36. The van der Waals surface area contributed by atoms with Crippen molar-refractivity contribution < 1.29 is 37.8 Å². The molecule has 16 heavy (non-hydrogen) atoms. The fourth-order valence-corrected chi connectivity index (χ4v) is 1.35. The van der Waals surface area contributed by atoms with Gasteiger partial charge in [-0.15, -0.1) is 0 Å². The molecule has 0 unspecified atom stereocenters. The van der Waals surface area contributed by atoms with E-state index in [-0.39, 0.29) is 6.61 Å². The first-order valence-electron chi connectivity index (χ1n) is 4.30. The van der Waals surface area contributed by atoms with E-state index < -0.39 is 15.6 Å². The van der Waals surface area contributed by atoms with Gasteiger partial charge in [-0.1, -0.05) is 0 Å². The van der Waals surface area contributed by atoms with Gasteiger partial charge < -0.3 is 14.3 Å². The van der Waals surface area contributed by atoms with Crippen LogP contribution in [0.1, 0.15) is 19.3 Å². The number of unbranched alkanes of at least 4 members (excludes halogenated alkanes) is 2. The third-order valence-corrected chi connectivity index (χ3v) is 2.23. The molecule has 0 atom stereocenters. The highest BCUT2D eigenvalue weighted by atomic mass is 31.2. The molecule has 0 saturated heterocycles. The summed E-state index contributed by atoms with van der Waals surface area (Å²) in [4.78, 5) is 33.2. The van der Waals surface area contributed by atoms with Crippen LogP contribution in [0.15, 0.2) is 12.3 Å². The van der Waals surface area contributed by atoms with Gasteiger partial charge in [0.05, 0.1) is 12.9 Å². The lowest BCUT2D eigenvalue weighted by atomic mass is 10.2. The molecule has 4 N–H and O–H groups in total. The van der Waals surface area contributed by atoms with E-state index in [4.69, 9.17) is 19.6 Å². The van der Waals surface area contributed by atoms with Crippen LogP contribution in [0.2, 0.25) is 0 Å². The Bertz CT molecular complexity index is 302. The second-order valence-electron chi connectivity index (χ2n) is 2.79. The Labute approximate surface area is 92.4 Å². The van der Waals surface area contributed by atoms with E-state index in [2.05, 4.69) is 9.05 Å². The molecule has 8 nitrogen and oxygen atoms in total. The standard InChI is InChI=1S/C6H14O8P2/c7-15(8,9)13-5-3-1-2-4-6-14-16(10,11)12/h3,5H,1-2,4,6H2,(H2,7,8,9)(H2,10,11,12)/b5-3+. The second-order valence-corrected chi connectivity index (χ2v) is 5.22. The molecule has 0 spiro atoms. The summed E-state index contributed by atoms with van der Waals surface area (Å²) < 4.78 is 28.6. The Morgan fingerprint density at radius 3 is 2.12 bits per heavy atom. The SMILES string of the molecule is O=P(O)(O)O/C=C/CCCCOP(=O)(O)O. The molecule has 0 aliphatic carbocycles. The van der Waals surface area contributed by atoms with E-state index >= 15 is 0 Å². The average Bonchev–Trinajstić information content (AvgIpc) is 2.06. The number of rotatable bonds is 8. The van der Waals surface area contributed by atoms with Crippen LogP contribution in [0, 0.1) is 0 Å². The first kappa shape index (κ1) is 15.8. The number of phosphoric ester groups is 2. The quantitative estimate of drug-likeness (QED) is 0.292. The molecule has 96 valence electrons. The highest BCUT2D eigenvalue weighted by Crippen LogP contribution is 2.36. The molecule has 0 aliphatic heterocycles. The Morgan fingerprint density at radius 2 is 1.62 bits per heavy atom. The van der Waals surface area contributed by atoms with Gasteiger partial charge in [0.1, 0.15) is 0 Å². The lowest BCUT2D eigenvalue weighted by Crippen LogP contribution is -1.91. The molecule has 0 saturated carbocycles. The van der Waals surface area contributed by atoms with E-state index in [1.54, 1.807) is 0 Å². The monoisotopic (exact) mass is 276 g/mol. The predicted molar refractivity (Wildman–Crippen MR) is 54.1 cm³/mol. The Morgan fingerprint density at radius 1 is 1.00 bits per heavy atom.